The Labute approximate surface area is 145 Å². The third-order valence-corrected chi connectivity index (χ3v) is 3.29. The van der Waals surface area contributed by atoms with Crippen molar-refractivity contribution < 1.29 is 23.4 Å². The van der Waals surface area contributed by atoms with Crippen molar-refractivity contribution in [3.63, 3.8) is 0 Å². The Morgan fingerprint density at radius 3 is 2.08 bits per heavy atom. The van der Waals surface area contributed by atoms with Crippen LogP contribution in [0.5, 0.6) is 5.75 Å². The fourth-order valence-electron chi connectivity index (χ4n) is 2.12. The van der Waals surface area contributed by atoms with Gasteiger partial charge in [-0.2, -0.15) is 13.2 Å². The molecule has 0 radical (unpaired) electrons. The van der Waals surface area contributed by atoms with Crippen molar-refractivity contribution in [2.75, 3.05) is 13.6 Å². The fourth-order valence-corrected chi connectivity index (χ4v) is 2.12. The summed E-state index contributed by atoms with van der Waals surface area (Å²) in [5.41, 5.74) is 0.323. The standard InChI is InChI=1S/C17H18F3NO.ClH.H2O/c1-21-12-11-16(13-5-3-2-4-6-13)22-15-9-7-14(8-10-15)17(18,19)20;;/h2-10,16,21H,11-12H2,1H3;1H;1H2. The molecule has 7 heteroatoms. The number of hydrogen-bond acceptors (Lipinski definition) is 2. The predicted octanol–water partition coefficient (Wildman–Crippen LogP) is 4.03. The monoisotopic (exact) mass is 363 g/mol. The van der Waals surface area contributed by atoms with Gasteiger partial charge in [-0.05, 0) is 43.4 Å². The molecule has 1 atom stereocenters. The van der Waals surface area contributed by atoms with Gasteiger partial charge in [0, 0.05) is 6.42 Å². The summed E-state index contributed by atoms with van der Waals surface area (Å²) in [6, 6.07) is 14.4. The van der Waals surface area contributed by atoms with Crippen LogP contribution in [0, 0.1) is 0 Å². The average Bonchev–Trinajstić information content (AvgIpc) is 2.52. The lowest BCUT2D eigenvalue weighted by Gasteiger charge is -2.20. The third kappa shape index (κ3) is 6.39. The largest absolute Gasteiger partial charge is 0.486 e. The first-order valence-corrected chi connectivity index (χ1v) is 7.04. The molecule has 0 aliphatic rings. The van der Waals surface area contributed by atoms with Crippen molar-refractivity contribution in [1.82, 2.24) is 5.32 Å². The van der Waals surface area contributed by atoms with Crippen LogP contribution >= 0.6 is 12.4 Å². The molecule has 2 aromatic carbocycles. The van der Waals surface area contributed by atoms with Gasteiger partial charge in [0.2, 0.25) is 0 Å². The molecule has 0 amide bonds. The fraction of sp³-hybridized carbons (Fsp3) is 0.294. The maximum atomic E-state index is 12.6. The molecule has 0 saturated carbocycles. The number of benzene rings is 2. The van der Waals surface area contributed by atoms with E-state index in [1.165, 1.54) is 12.1 Å². The van der Waals surface area contributed by atoms with E-state index in [0.717, 1.165) is 30.7 Å². The zero-order valence-electron chi connectivity index (χ0n) is 13.1. The van der Waals surface area contributed by atoms with E-state index in [2.05, 4.69) is 5.32 Å². The number of ether oxygens (including phenoxy) is 1. The normalized spacial score (nSPS) is 11.8. The number of alkyl halides is 3. The summed E-state index contributed by atoms with van der Waals surface area (Å²) < 4.78 is 43.6. The van der Waals surface area contributed by atoms with E-state index in [1.807, 2.05) is 37.4 Å². The first-order valence-electron chi connectivity index (χ1n) is 7.04. The highest BCUT2D eigenvalue weighted by Gasteiger charge is 2.30. The molecule has 0 aliphatic heterocycles. The van der Waals surface area contributed by atoms with Gasteiger partial charge in [0.1, 0.15) is 11.9 Å². The van der Waals surface area contributed by atoms with Crippen LogP contribution in [-0.2, 0) is 6.18 Å². The highest BCUT2D eigenvalue weighted by molar-refractivity contribution is 5.85. The molecular formula is C17H21ClF3NO2. The highest BCUT2D eigenvalue weighted by atomic mass is 35.5. The zero-order valence-corrected chi connectivity index (χ0v) is 14.0. The van der Waals surface area contributed by atoms with E-state index in [1.54, 1.807) is 0 Å². The van der Waals surface area contributed by atoms with Gasteiger partial charge in [0.05, 0.1) is 5.56 Å². The lowest BCUT2D eigenvalue weighted by Crippen LogP contribution is -2.16. The van der Waals surface area contributed by atoms with Crippen molar-refractivity contribution in [3.8, 4) is 5.75 Å². The Kier molecular flexibility index (Phi) is 9.43. The summed E-state index contributed by atoms with van der Waals surface area (Å²) in [5, 5.41) is 3.05. The van der Waals surface area contributed by atoms with Gasteiger partial charge in [-0.15, -0.1) is 12.4 Å². The SMILES string of the molecule is CNCCC(Oc1ccc(C(F)(F)F)cc1)c1ccccc1.Cl.O. The summed E-state index contributed by atoms with van der Waals surface area (Å²) in [6.45, 7) is 0.750. The van der Waals surface area contributed by atoms with E-state index in [9.17, 15) is 13.2 Å². The van der Waals surface area contributed by atoms with Gasteiger partial charge < -0.3 is 15.5 Å². The number of halogens is 4. The van der Waals surface area contributed by atoms with E-state index in [0.29, 0.717) is 5.75 Å². The van der Waals surface area contributed by atoms with Crippen molar-refractivity contribution in [2.24, 2.45) is 0 Å². The Morgan fingerprint density at radius 2 is 1.58 bits per heavy atom. The second kappa shape index (κ2) is 10.2. The first kappa shape index (κ1) is 22.2. The summed E-state index contributed by atoms with van der Waals surface area (Å²) in [4.78, 5) is 0. The molecule has 0 aromatic heterocycles. The Hall–Kier alpha value is -1.76. The predicted molar refractivity (Wildman–Crippen MR) is 90.7 cm³/mol. The number of rotatable bonds is 6. The van der Waals surface area contributed by atoms with Crippen LogP contribution in [0.2, 0.25) is 0 Å². The summed E-state index contributed by atoms with van der Waals surface area (Å²) >= 11 is 0. The van der Waals surface area contributed by atoms with Crippen LogP contribution in [0.4, 0.5) is 13.2 Å². The van der Waals surface area contributed by atoms with Gasteiger partial charge in [0.25, 0.3) is 0 Å². The van der Waals surface area contributed by atoms with Crippen LogP contribution in [0.3, 0.4) is 0 Å². The molecule has 1 unspecified atom stereocenters. The maximum absolute atomic E-state index is 12.6. The molecule has 2 rings (SSSR count). The van der Waals surface area contributed by atoms with Gasteiger partial charge in [-0.3, -0.25) is 0 Å². The Balaban J connectivity index is 0.00000264. The second-order valence-corrected chi connectivity index (χ2v) is 4.93. The molecule has 24 heavy (non-hydrogen) atoms. The summed E-state index contributed by atoms with van der Waals surface area (Å²) in [6.07, 6.45) is -3.81. The highest BCUT2D eigenvalue weighted by Crippen LogP contribution is 2.31. The smallest absolute Gasteiger partial charge is 0.416 e. The van der Waals surface area contributed by atoms with Crippen LogP contribution in [-0.4, -0.2) is 19.1 Å². The van der Waals surface area contributed by atoms with Gasteiger partial charge in [-0.1, -0.05) is 30.3 Å². The molecule has 0 spiro atoms. The van der Waals surface area contributed by atoms with Gasteiger partial charge in [0.15, 0.2) is 0 Å². The topological polar surface area (TPSA) is 52.8 Å². The molecular weight excluding hydrogens is 343 g/mol. The maximum Gasteiger partial charge on any atom is 0.416 e. The first-order chi connectivity index (χ1) is 10.5. The van der Waals surface area contributed by atoms with Crippen LogP contribution < -0.4 is 10.1 Å². The molecule has 0 aliphatic carbocycles. The molecule has 0 heterocycles. The van der Waals surface area contributed by atoms with E-state index < -0.39 is 11.7 Å². The average molecular weight is 364 g/mol. The van der Waals surface area contributed by atoms with Gasteiger partial charge >= 0.3 is 6.18 Å². The Morgan fingerprint density at radius 1 is 1.00 bits per heavy atom. The molecule has 2 aromatic rings. The van der Waals surface area contributed by atoms with Crippen LogP contribution in [0.25, 0.3) is 0 Å². The second-order valence-electron chi connectivity index (χ2n) is 4.93. The van der Waals surface area contributed by atoms with Crippen molar-refractivity contribution in [3.05, 3.63) is 65.7 Å². The van der Waals surface area contributed by atoms with Crippen molar-refractivity contribution in [2.45, 2.75) is 18.7 Å². The van der Waals surface area contributed by atoms with E-state index in [-0.39, 0.29) is 24.0 Å². The van der Waals surface area contributed by atoms with Crippen molar-refractivity contribution >= 4 is 12.4 Å². The third-order valence-electron chi connectivity index (χ3n) is 3.29. The molecule has 0 saturated heterocycles. The van der Waals surface area contributed by atoms with Crippen LogP contribution in [0.1, 0.15) is 23.7 Å². The minimum atomic E-state index is -4.33. The molecule has 3 N–H and O–H groups in total. The number of nitrogens with one attached hydrogen (secondary N) is 1. The van der Waals surface area contributed by atoms with Gasteiger partial charge in [-0.25, -0.2) is 0 Å². The minimum absolute atomic E-state index is 0. The summed E-state index contributed by atoms with van der Waals surface area (Å²) in [7, 11) is 1.85. The Bertz CT molecular complexity index is 577. The molecule has 0 bridgehead atoms. The summed E-state index contributed by atoms with van der Waals surface area (Å²) in [5.74, 6) is 0.429. The molecule has 3 nitrogen and oxygen atoms in total. The number of hydrogen-bond donors (Lipinski definition) is 1. The zero-order chi connectivity index (χ0) is 16.0. The van der Waals surface area contributed by atoms with Crippen molar-refractivity contribution in [1.29, 1.82) is 0 Å². The van der Waals surface area contributed by atoms with E-state index >= 15 is 0 Å². The molecule has 134 valence electrons. The molecule has 0 fully saturated rings. The lowest BCUT2D eigenvalue weighted by atomic mass is 10.1. The van der Waals surface area contributed by atoms with E-state index in [4.69, 9.17) is 4.74 Å². The minimum Gasteiger partial charge on any atom is -0.486 e. The lowest BCUT2D eigenvalue weighted by molar-refractivity contribution is -0.137. The quantitative estimate of drug-likeness (QED) is 0.842. The van der Waals surface area contributed by atoms with Crippen LogP contribution in [0.15, 0.2) is 54.6 Å².